The first-order chi connectivity index (χ1) is 15.5. The molecule has 0 fully saturated rings. The molecule has 0 aliphatic heterocycles. The Labute approximate surface area is 181 Å². The molecule has 5 aromatic rings. The van der Waals surface area contributed by atoms with Crippen molar-refractivity contribution in [2.24, 2.45) is 0 Å². The first-order valence-corrected chi connectivity index (χ1v) is 10.4. The van der Waals surface area contributed by atoms with Gasteiger partial charge in [0.25, 0.3) is 0 Å². The summed E-state index contributed by atoms with van der Waals surface area (Å²) in [5.41, 5.74) is 2.27. The SMILES string of the molecule is CCCc1ccc(-c2ccc3c(oc4c(F)c(-c5ccc(F)c(F)c5)ccc43)c2F)cc1. The number of furan rings is 1. The third kappa shape index (κ3) is 3.25. The molecule has 0 N–H and O–H groups in total. The van der Waals surface area contributed by atoms with Crippen LogP contribution in [-0.2, 0) is 6.42 Å². The van der Waals surface area contributed by atoms with Gasteiger partial charge >= 0.3 is 0 Å². The molecule has 0 aliphatic carbocycles. The lowest BCUT2D eigenvalue weighted by atomic mass is 9.99. The number of benzene rings is 4. The van der Waals surface area contributed by atoms with Crippen LogP contribution in [0, 0.1) is 23.3 Å². The summed E-state index contributed by atoms with van der Waals surface area (Å²) in [5, 5.41) is 0.854. The highest BCUT2D eigenvalue weighted by Gasteiger charge is 2.20. The van der Waals surface area contributed by atoms with Crippen LogP contribution in [0.3, 0.4) is 0 Å². The molecule has 1 aromatic heterocycles. The van der Waals surface area contributed by atoms with Crippen molar-refractivity contribution in [1.29, 1.82) is 0 Å². The Morgan fingerprint density at radius 1 is 0.625 bits per heavy atom. The third-order valence-electron chi connectivity index (χ3n) is 5.72. The van der Waals surface area contributed by atoms with Crippen molar-refractivity contribution in [3.8, 4) is 22.3 Å². The van der Waals surface area contributed by atoms with Gasteiger partial charge in [0.05, 0.1) is 0 Å². The second-order valence-electron chi connectivity index (χ2n) is 7.79. The molecular weight excluding hydrogens is 416 g/mol. The van der Waals surface area contributed by atoms with Crippen LogP contribution in [0.4, 0.5) is 17.6 Å². The molecule has 0 atom stereocenters. The molecule has 160 valence electrons. The Balaban J connectivity index is 1.65. The predicted molar refractivity (Wildman–Crippen MR) is 118 cm³/mol. The largest absolute Gasteiger partial charge is 0.450 e. The van der Waals surface area contributed by atoms with Crippen molar-refractivity contribution >= 4 is 21.9 Å². The molecule has 0 aliphatic rings. The van der Waals surface area contributed by atoms with Crippen LogP contribution in [0.25, 0.3) is 44.2 Å². The van der Waals surface area contributed by atoms with Crippen LogP contribution >= 0.6 is 0 Å². The van der Waals surface area contributed by atoms with Crippen LogP contribution in [0.15, 0.2) is 71.1 Å². The lowest BCUT2D eigenvalue weighted by molar-refractivity contribution is 0.509. The van der Waals surface area contributed by atoms with Gasteiger partial charge in [-0.05, 0) is 47.4 Å². The Bertz CT molecular complexity index is 1470. The summed E-state index contributed by atoms with van der Waals surface area (Å²) in [5.74, 6) is -3.42. The molecule has 0 saturated carbocycles. The molecular formula is C27H18F4O. The van der Waals surface area contributed by atoms with Gasteiger partial charge in [0.1, 0.15) is 0 Å². The number of hydrogen-bond acceptors (Lipinski definition) is 1. The second kappa shape index (κ2) is 7.83. The molecule has 0 bridgehead atoms. The maximum atomic E-state index is 15.4. The van der Waals surface area contributed by atoms with E-state index in [-0.39, 0.29) is 22.3 Å². The minimum Gasteiger partial charge on any atom is -0.450 e. The van der Waals surface area contributed by atoms with E-state index >= 15 is 8.78 Å². The first-order valence-electron chi connectivity index (χ1n) is 10.4. The number of rotatable bonds is 4. The first kappa shape index (κ1) is 20.3. The summed E-state index contributed by atoms with van der Waals surface area (Å²) in [7, 11) is 0. The molecule has 5 rings (SSSR count). The second-order valence-corrected chi connectivity index (χ2v) is 7.79. The van der Waals surface area contributed by atoms with Crippen molar-refractivity contribution in [1.82, 2.24) is 0 Å². The van der Waals surface area contributed by atoms with E-state index in [1.165, 1.54) is 17.7 Å². The number of aryl methyl sites for hydroxylation is 1. The van der Waals surface area contributed by atoms with Crippen LogP contribution in [0.5, 0.6) is 0 Å². The van der Waals surface area contributed by atoms with E-state index in [4.69, 9.17) is 4.42 Å². The smallest absolute Gasteiger partial charge is 0.174 e. The van der Waals surface area contributed by atoms with E-state index in [9.17, 15) is 8.78 Å². The summed E-state index contributed by atoms with van der Waals surface area (Å²) in [4.78, 5) is 0. The fraction of sp³-hybridized carbons (Fsp3) is 0.111. The molecule has 0 amide bonds. The molecule has 5 heteroatoms. The van der Waals surface area contributed by atoms with Gasteiger partial charge in [0, 0.05) is 21.9 Å². The fourth-order valence-electron chi connectivity index (χ4n) is 4.09. The highest BCUT2D eigenvalue weighted by atomic mass is 19.2. The Morgan fingerprint density at radius 2 is 1.19 bits per heavy atom. The molecule has 4 aromatic carbocycles. The van der Waals surface area contributed by atoms with Crippen molar-refractivity contribution in [2.75, 3.05) is 0 Å². The van der Waals surface area contributed by atoms with Gasteiger partial charge in [-0.3, -0.25) is 0 Å². The monoisotopic (exact) mass is 434 g/mol. The van der Waals surface area contributed by atoms with Crippen LogP contribution in [-0.4, -0.2) is 0 Å². The summed E-state index contributed by atoms with van der Waals surface area (Å²) in [6.45, 7) is 2.10. The normalized spacial score (nSPS) is 11.5. The molecule has 1 nitrogen and oxygen atoms in total. The average Bonchev–Trinajstić information content (AvgIpc) is 3.18. The van der Waals surface area contributed by atoms with Crippen LogP contribution in [0.1, 0.15) is 18.9 Å². The zero-order chi connectivity index (χ0) is 22.4. The van der Waals surface area contributed by atoms with Gasteiger partial charge in [-0.2, -0.15) is 0 Å². The Hall–Kier alpha value is -3.60. The lowest BCUT2D eigenvalue weighted by Crippen LogP contribution is -1.89. The predicted octanol–water partition coefficient (Wildman–Crippen LogP) is 8.43. The van der Waals surface area contributed by atoms with Crippen molar-refractivity contribution in [3.63, 3.8) is 0 Å². The summed E-state index contributed by atoms with van der Waals surface area (Å²) >= 11 is 0. The highest BCUT2D eigenvalue weighted by molar-refractivity contribution is 6.07. The van der Waals surface area contributed by atoms with Gasteiger partial charge in [-0.1, -0.05) is 55.8 Å². The zero-order valence-electron chi connectivity index (χ0n) is 17.2. The number of halogens is 4. The molecule has 32 heavy (non-hydrogen) atoms. The topological polar surface area (TPSA) is 13.1 Å². The van der Waals surface area contributed by atoms with E-state index in [2.05, 4.69) is 6.92 Å². The van der Waals surface area contributed by atoms with Gasteiger partial charge in [0.2, 0.25) is 0 Å². The maximum Gasteiger partial charge on any atom is 0.174 e. The van der Waals surface area contributed by atoms with Crippen LogP contribution in [0.2, 0.25) is 0 Å². The van der Waals surface area contributed by atoms with E-state index in [1.54, 1.807) is 18.2 Å². The van der Waals surface area contributed by atoms with Crippen LogP contribution < -0.4 is 0 Å². The molecule has 1 heterocycles. The summed E-state index contributed by atoms with van der Waals surface area (Å²) < 4.78 is 63.2. The van der Waals surface area contributed by atoms with E-state index in [0.717, 1.165) is 25.0 Å². The lowest BCUT2D eigenvalue weighted by Gasteiger charge is -2.05. The minimum absolute atomic E-state index is 0.0441. The quantitative estimate of drug-likeness (QED) is 0.259. The van der Waals surface area contributed by atoms with E-state index in [0.29, 0.717) is 21.9 Å². The summed E-state index contributed by atoms with van der Waals surface area (Å²) in [6, 6.07) is 17.2. The van der Waals surface area contributed by atoms with Gasteiger partial charge in [-0.25, -0.2) is 17.6 Å². The Kier molecular flexibility index (Phi) is 4.97. The van der Waals surface area contributed by atoms with Crippen molar-refractivity contribution < 1.29 is 22.0 Å². The number of hydrogen-bond donors (Lipinski definition) is 0. The maximum absolute atomic E-state index is 15.4. The molecule has 0 spiro atoms. The standard InChI is InChI=1S/C27H18F4O/c1-2-3-15-4-6-16(7-5-15)18-9-11-20-21-12-10-19(17-8-13-22(28)23(29)14-17)25(31)27(21)32-26(20)24(18)30/h4-14H,2-3H2,1H3. The summed E-state index contributed by atoms with van der Waals surface area (Å²) in [6.07, 6.45) is 1.97. The zero-order valence-corrected chi connectivity index (χ0v) is 17.2. The van der Waals surface area contributed by atoms with Crippen molar-refractivity contribution in [3.05, 3.63) is 95.6 Å². The van der Waals surface area contributed by atoms with Gasteiger partial charge < -0.3 is 4.42 Å². The van der Waals surface area contributed by atoms with Gasteiger partial charge in [-0.15, -0.1) is 0 Å². The minimum atomic E-state index is -1.08. The van der Waals surface area contributed by atoms with E-state index in [1.807, 2.05) is 24.3 Å². The Morgan fingerprint density at radius 3 is 1.75 bits per heavy atom. The highest BCUT2D eigenvalue weighted by Crippen LogP contribution is 2.39. The van der Waals surface area contributed by atoms with E-state index < -0.39 is 23.3 Å². The molecule has 0 saturated heterocycles. The van der Waals surface area contributed by atoms with Crippen molar-refractivity contribution in [2.45, 2.75) is 19.8 Å². The van der Waals surface area contributed by atoms with Gasteiger partial charge in [0.15, 0.2) is 34.4 Å². The molecule has 0 unspecified atom stereocenters. The fourth-order valence-corrected chi connectivity index (χ4v) is 4.09. The average molecular weight is 434 g/mol. The molecule has 0 radical (unpaired) electrons. The number of fused-ring (bicyclic) bond motifs is 3. The third-order valence-corrected chi connectivity index (χ3v) is 5.72.